The summed E-state index contributed by atoms with van der Waals surface area (Å²) in [6.45, 7) is 4.21. The van der Waals surface area contributed by atoms with E-state index in [1.807, 2.05) is 26.0 Å². The molecule has 1 aromatic carbocycles. The first kappa shape index (κ1) is 17.7. The Labute approximate surface area is 150 Å². The maximum absolute atomic E-state index is 13.3. The molecule has 0 saturated heterocycles. The Balaban J connectivity index is 1.87. The Morgan fingerprint density at radius 1 is 1.04 bits per heavy atom. The van der Waals surface area contributed by atoms with Crippen molar-refractivity contribution in [2.45, 2.75) is 26.4 Å². The van der Waals surface area contributed by atoms with Crippen molar-refractivity contribution in [2.75, 3.05) is 10.6 Å². The molecule has 0 saturated carbocycles. The summed E-state index contributed by atoms with van der Waals surface area (Å²) in [4.78, 5) is 13.0. The molecule has 0 aliphatic rings. The Morgan fingerprint density at radius 2 is 1.81 bits per heavy atom. The van der Waals surface area contributed by atoms with E-state index in [9.17, 15) is 8.78 Å². The van der Waals surface area contributed by atoms with Gasteiger partial charge in [0.1, 0.15) is 17.5 Å². The van der Waals surface area contributed by atoms with Crippen LogP contribution in [-0.2, 0) is 6.54 Å². The molecule has 2 aromatic heterocycles. The van der Waals surface area contributed by atoms with E-state index in [-0.39, 0.29) is 12.6 Å². The number of nitrogens with one attached hydrogen (secondary N) is 2. The fraction of sp³-hybridized carbons (Fsp3) is 0.211. The number of hydrogen-bond acceptors (Lipinski definition) is 5. The third kappa shape index (κ3) is 4.72. The lowest BCUT2D eigenvalue weighted by molar-refractivity contribution is 0.580. The second kappa shape index (κ2) is 7.86. The van der Waals surface area contributed by atoms with Gasteiger partial charge in [0.15, 0.2) is 0 Å². The molecule has 3 rings (SSSR count). The second-order valence-electron chi connectivity index (χ2n) is 6.13. The topological polar surface area (TPSA) is 62.7 Å². The van der Waals surface area contributed by atoms with E-state index in [1.54, 1.807) is 18.5 Å². The van der Waals surface area contributed by atoms with Gasteiger partial charge < -0.3 is 10.6 Å². The molecule has 0 amide bonds. The molecule has 0 unspecified atom stereocenters. The number of benzene rings is 1. The zero-order valence-electron chi connectivity index (χ0n) is 14.5. The number of hydrogen-bond donors (Lipinski definition) is 2. The van der Waals surface area contributed by atoms with Crippen LogP contribution in [0.5, 0.6) is 0 Å². The standard InChI is InChI=1S/C19H19F2N5/c1-12(2)24-19-25-17(14-4-3-5-22-11-14)9-18(26-19)23-10-13-6-15(20)8-16(21)7-13/h3-9,11-12H,10H2,1-2H3,(H2,23,24,25,26). The van der Waals surface area contributed by atoms with Gasteiger partial charge in [-0.2, -0.15) is 4.98 Å². The van der Waals surface area contributed by atoms with Gasteiger partial charge >= 0.3 is 0 Å². The van der Waals surface area contributed by atoms with Crippen LogP contribution in [0.15, 0.2) is 48.8 Å². The predicted octanol–water partition coefficient (Wildman–Crippen LogP) is 4.25. The van der Waals surface area contributed by atoms with Crippen LogP contribution in [0.3, 0.4) is 0 Å². The molecule has 0 spiro atoms. The average Bonchev–Trinajstić information content (AvgIpc) is 2.59. The number of nitrogens with zero attached hydrogens (tertiary/aromatic N) is 3. The Morgan fingerprint density at radius 3 is 2.46 bits per heavy atom. The van der Waals surface area contributed by atoms with Gasteiger partial charge in [-0.15, -0.1) is 0 Å². The molecule has 0 aliphatic carbocycles. The summed E-state index contributed by atoms with van der Waals surface area (Å²) < 4.78 is 26.7. The molecule has 7 heteroatoms. The van der Waals surface area contributed by atoms with Crippen LogP contribution in [0.4, 0.5) is 20.5 Å². The second-order valence-corrected chi connectivity index (χ2v) is 6.13. The maximum atomic E-state index is 13.3. The third-order valence-corrected chi connectivity index (χ3v) is 3.50. The molecule has 0 radical (unpaired) electrons. The normalized spacial score (nSPS) is 10.8. The zero-order chi connectivity index (χ0) is 18.5. The van der Waals surface area contributed by atoms with Gasteiger partial charge in [-0.25, -0.2) is 13.8 Å². The first-order valence-corrected chi connectivity index (χ1v) is 8.24. The number of rotatable bonds is 6. The zero-order valence-corrected chi connectivity index (χ0v) is 14.5. The van der Waals surface area contributed by atoms with Gasteiger partial charge in [0, 0.05) is 42.7 Å². The molecule has 26 heavy (non-hydrogen) atoms. The summed E-state index contributed by atoms with van der Waals surface area (Å²) in [5, 5.41) is 6.26. The van der Waals surface area contributed by atoms with Crippen LogP contribution >= 0.6 is 0 Å². The first-order chi connectivity index (χ1) is 12.5. The van der Waals surface area contributed by atoms with Crippen molar-refractivity contribution >= 4 is 11.8 Å². The van der Waals surface area contributed by atoms with Crippen molar-refractivity contribution in [3.8, 4) is 11.3 Å². The highest BCUT2D eigenvalue weighted by Crippen LogP contribution is 2.21. The molecular weight excluding hydrogens is 336 g/mol. The summed E-state index contributed by atoms with van der Waals surface area (Å²) >= 11 is 0. The third-order valence-electron chi connectivity index (χ3n) is 3.50. The van der Waals surface area contributed by atoms with Crippen molar-refractivity contribution in [1.29, 1.82) is 0 Å². The highest BCUT2D eigenvalue weighted by Gasteiger charge is 2.09. The molecule has 0 bridgehead atoms. The molecule has 2 N–H and O–H groups in total. The number of aromatic nitrogens is 3. The number of halogens is 2. The molecule has 134 valence electrons. The Hall–Kier alpha value is -3.09. The van der Waals surface area contributed by atoms with Crippen LogP contribution < -0.4 is 10.6 Å². The molecule has 0 atom stereocenters. The monoisotopic (exact) mass is 355 g/mol. The summed E-state index contributed by atoms with van der Waals surface area (Å²) in [6.07, 6.45) is 3.41. The van der Waals surface area contributed by atoms with E-state index in [0.29, 0.717) is 23.0 Å². The Bertz CT molecular complexity index is 864. The van der Waals surface area contributed by atoms with Gasteiger partial charge in [0.2, 0.25) is 5.95 Å². The van der Waals surface area contributed by atoms with Crippen LogP contribution in [0.1, 0.15) is 19.4 Å². The molecule has 0 aliphatic heterocycles. The lowest BCUT2D eigenvalue weighted by atomic mass is 10.2. The first-order valence-electron chi connectivity index (χ1n) is 8.24. The minimum absolute atomic E-state index is 0.157. The van der Waals surface area contributed by atoms with Gasteiger partial charge in [0.05, 0.1) is 5.69 Å². The highest BCUT2D eigenvalue weighted by atomic mass is 19.1. The van der Waals surface area contributed by atoms with Gasteiger partial charge in [-0.3, -0.25) is 4.98 Å². The number of pyridine rings is 1. The van der Waals surface area contributed by atoms with Crippen molar-refractivity contribution in [3.63, 3.8) is 0 Å². The molecule has 5 nitrogen and oxygen atoms in total. The van der Waals surface area contributed by atoms with E-state index in [0.717, 1.165) is 11.6 Å². The van der Waals surface area contributed by atoms with Gasteiger partial charge in [-0.1, -0.05) is 0 Å². The number of anilines is 2. The minimum atomic E-state index is -0.609. The van der Waals surface area contributed by atoms with Gasteiger partial charge in [-0.05, 0) is 43.7 Å². The van der Waals surface area contributed by atoms with Crippen molar-refractivity contribution in [2.24, 2.45) is 0 Å². The van der Waals surface area contributed by atoms with E-state index < -0.39 is 11.6 Å². The Kier molecular flexibility index (Phi) is 5.36. The van der Waals surface area contributed by atoms with Crippen molar-refractivity contribution in [3.05, 3.63) is 66.0 Å². The average molecular weight is 355 g/mol. The predicted molar refractivity (Wildman–Crippen MR) is 97.7 cm³/mol. The largest absolute Gasteiger partial charge is 0.366 e. The van der Waals surface area contributed by atoms with E-state index >= 15 is 0 Å². The molecule has 3 aromatic rings. The lowest BCUT2D eigenvalue weighted by Gasteiger charge is -2.13. The maximum Gasteiger partial charge on any atom is 0.225 e. The van der Waals surface area contributed by atoms with Crippen LogP contribution in [0.25, 0.3) is 11.3 Å². The highest BCUT2D eigenvalue weighted by molar-refractivity contribution is 5.63. The molecule has 2 heterocycles. The lowest BCUT2D eigenvalue weighted by Crippen LogP contribution is -2.14. The quantitative estimate of drug-likeness (QED) is 0.692. The smallest absolute Gasteiger partial charge is 0.225 e. The van der Waals surface area contributed by atoms with Gasteiger partial charge in [0.25, 0.3) is 0 Å². The SMILES string of the molecule is CC(C)Nc1nc(NCc2cc(F)cc(F)c2)cc(-c2cccnc2)n1. The van der Waals surface area contributed by atoms with Crippen LogP contribution in [-0.4, -0.2) is 21.0 Å². The summed E-state index contributed by atoms with van der Waals surface area (Å²) in [5.74, 6) is -0.202. The van der Waals surface area contributed by atoms with E-state index in [1.165, 1.54) is 12.1 Å². The van der Waals surface area contributed by atoms with Crippen LogP contribution in [0.2, 0.25) is 0 Å². The fourth-order valence-corrected chi connectivity index (χ4v) is 2.43. The van der Waals surface area contributed by atoms with Crippen molar-refractivity contribution < 1.29 is 8.78 Å². The van der Waals surface area contributed by atoms with E-state index in [4.69, 9.17) is 0 Å². The minimum Gasteiger partial charge on any atom is -0.366 e. The van der Waals surface area contributed by atoms with Crippen LogP contribution in [0, 0.1) is 11.6 Å². The summed E-state index contributed by atoms with van der Waals surface area (Å²) in [5.41, 5.74) is 2.04. The molecular formula is C19H19F2N5. The summed E-state index contributed by atoms with van der Waals surface area (Å²) in [7, 11) is 0. The fourth-order valence-electron chi connectivity index (χ4n) is 2.43. The van der Waals surface area contributed by atoms with Crippen molar-refractivity contribution in [1.82, 2.24) is 15.0 Å². The van der Waals surface area contributed by atoms with E-state index in [2.05, 4.69) is 25.6 Å². The molecule has 0 fully saturated rings. The summed E-state index contributed by atoms with van der Waals surface area (Å²) in [6, 6.07) is 9.08.